The normalized spacial score (nSPS) is 11.4. The van der Waals surface area contributed by atoms with Crippen molar-refractivity contribution in [2.75, 3.05) is 0 Å². The number of rotatable bonds is 6. The van der Waals surface area contributed by atoms with Gasteiger partial charge in [0.1, 0.15) is 10.6 Å². The van der Waals surface area contributed by atoms with E-state index in [1.165, 1.54) is 18.2 Å². The molecule has 0 atom stereocenters. The maximum Gasteiger partial charge on any atom is 0.339 e. The van der Waals surface area contributed by atoms with Gasteiger partial charge in [-0.05, 0) is 42.8 Å². The maximum absolute atomic E-state index is 12.3. The summed E-state index contributed by atoms with van der Waals surface area (Å²) in [4.78, 5) is 12.2. The van der Waals surface area contributed by atoms with Crippen LogP contribution in [-0.4, -0.2) is 14.2 Å². The lowest BCUT2D eigenvalue weighted by Gasteiger charge is -2.07. The molecule has 0 unspecified atom stereocenters. The number of ketones is 1. The topological polar surface area (TPSA) is 60.4 Å². The summed E-state index contributed by atoms with van der Waals surface area (Å²) >= 11 is 0. The van der Waals surface area contributed by atoms with E-state index in [0.717, 1.165) is 11.1 Å². The van der Waals surface area contributed by atoms with Gasteiger partial charge in [-0.3, -0.25) is 4.79 Å². The number of hydrogen-bond donors (Lipinski definition) is 0. The summed E-state index contributed by atoms with van der Waals surface area (Å²) in [6.07, 6.45) is 3.15. The standard InChI is InChI=1S/C22H18O4S/c1-17-7-14-21(15-8-17)27(24,25)26-20-12-9-18(10-13-20)11-16-22(23)19-5-3-2-4-6-19/h2-16H,1H3. The van der Waals surface area contributed by atoms with Gasteiger partial charge >= 0.3 is 10.1 Å². The Morgan fingerprint density at radius 3 is 2.11 bits per heavy atom. The van der Waals surface area contributed by atoms with Gasteiger partial charge in [0.05, 0.1) is 0 Å². The molecule has 0 saturated carbocycles. The number of carbonyl (C=O) groups excluding carboxylic acids is 1. The van der Waals surface area contributed by atoms with Crippen molar-refractivity contribution < 1.29 is 17.4 Å². The van der Waals surface area contributed by atoms with Crippen LogP contribution in [0.15, 0.2) is 89.8 Å². The van der Waals surface area contributed by atoms with E-state index in [9.17, 15) is 13.2 Å². The predicted octanol–water partition coefficient (Wildman–Crippen LogP) is 4.66. The first kappa shape index (κ1) is 18.6. The summed E-state index contributed by atoms with van der Waals surface area (Å²) in [5, 5.41) is 0. The molecule has 136 valence electrons. The third-order valence-corrected chi connectivity index (χ3v) is 5.14. The fourth-order valence-corrected chi connectivity index (χ4v) is 3.31. The van der Waals surface area contributed by atoms with E-state index >= 15 is 0 Å². The largest absolute Gasteiger partial charge is 0.379 e. The maximum atomic E-state index is 12.3. The smallest absolute Gasteiger partial charge is 0.339 e. The SMILES string of the molecule is Cc1ccc(S(=O)(=O)Oc2ccc(C=CC(=O)c3ccccc3)cc2)cc1. The van der Waals surface area contributed by atoms with Gasteiger partial charge in [-0.2, -0.15) is 8.42 Å². The zero-order valence-corrected chi connectivity index (χ0v) is 15.5. The van der Waals surface area contributed by atoms with E-state index in [-0.39, 0.29) is 16.4 Å². The van der Waals surface area contributed by atoms with Gasteiger partial charge in [-0.1, -0.05) is 66.2 Å². The first-order valence-electron chi connectivity index (χ1n) is 8.33. The molecule has 0 bridgehead atoms. The van der Waals surface area contributed by atoms with E-state index in [2.05, 4.69) is 0 Å². The first-order chi connectivity index (χ1) is 12.9. The van der Waals surface area contributed by atoms with Crippen molar-refractivity contribution in [3.8, 4) is 5.75 Å². The Balaban J connectivity index is 1.69. The highest BCUT2D eigenvalue weighted by atomic mass is 32.2. The minimum absolute atomic E-state index is 0.0992. The van der Waals surface area contributed by atoms with Crippen LogP contribution in [0.25, 0.3) is 6.08 Å². The molecule has 3 aromatic rings. The number of allylic oxidation sites excluding steroid dienone is 1. The highest BCUT2D eigenvalue weighted by molar-refractivity contribution is 7.87. The summed E-state index contributed by atoms with van der Waals surface area (Å²) in [6.45, 7) is 1.88. The van der Waals surface area contributed by atoms with E-state index in [0.29, 0.717) is 5.56 Å². The molecule has 0 aromatic heterocycles. The van der Waals surface area contributed by atoms with Crippen molar-refractivity contribution in [2.45, 2.75) is 11.8 Å². The molecule has 3 aromatic carbocycles. The second-order valence-electron chi connectivity index (χ2n) is 5.98. The van der Waals surface area contributed by atoms with Crippen LogP contribution in [0, 0.1) is 6.92 Å². The second-order valence-corrected chi connectivity index (χ2v) is 7.53. The molecular formula is C22H18O4S. The van der Waals surface area contributed by atoms with E-state index in [1.54, 1.807) is 54.6 Å². The van der Waals surface area contributed by atoms with E-state index in [1.807, 2.05) is 25.1 Å². The minimum atomic E-state index is -3.88. The van der Waals surface area contributed by atoms with Crippen LogP contribution in [0.2, 0.25) is 0 Å². The van der Waals surface area contributed by atoms with Gasteiger partial charge in [0.2, 0.25) is 0 Å². The minimum Gasteiger partial charge on any atom is -0.379 e. The molecule has 4 nitrogen and oxygen atoms in total. The molecule has 0 aliphatic carbocycles. The summed E-state index contributed by atoms with van der Waals surface area (Å²) in [5.41, 5.74) is 2.34. The third-order valence-electron chi connectivity index (χ3n) is 3.88. The monoisotopic (exact) mass is 378 g/mol. The average molecular weight is 378 g/mol. The Bertz CT molecular complexity index is 1050. The Morgan fingerprint density at radius 1 is 0.852 bits per heavy atom. The Morgan fingerprint density at radius 2 is 1.48 bits per heavy atom. The summed E-state index contributed by atoms with van der Waals surface area (Å²) in [6, 6.07) is 21.9. The molecule has 0 fully saturated rings. The summed E-state index contributed by atoms with van der Waals surface area (Å²) in [5.74, 6) is 0.111. The molecule has 0 radical (unpaired) electrons. The Hall–Kier alpha value is -3.18. The quantitative estimate of drug-likeness (QED) is 0.356. The molecule has 0 aliphatic rings. The average Bonchev–Trinajstić information content (AvgIpc) is 2.68. The molecule has 0 aliphatic heterocycles. The highest BCUT2D eigenvalue weighted by Gasteiger charge is 2.16. The van der Waals surface area contributed by atoms with Gasteiger partial charge in [-0.25, -0.2) is 0 Å². The van der Waals surface area contributed by atoms with Crippen molar-refractivity contribution in [3.05, 3.63) is 102 Å². The van der Waals surface area contributed by atoms with Gasteiger partial charge in [0.25, 0.3) is 0 Å². The Labute approximate surface area is 158 Å². The van der Waals surface area contributed by atoms with Crippen molar-refractivity contribution in [2.24, 2.45) is 0 Å². The van der Waals surface area contributed by atoms with Gasteiger partial charge in [-0.15, -0.1) is 0 Å². The molecule has 5 heteroatoms. The molecule has 3 rings (SSSR count). The molecular weight excluding hydrogens is 360 g/mol. The van der Waals surface area contributed by atoms with Crippen LogP contribution < -0.4 is 4.18 Å². The Kier molecular flexibility index (Phi) is 5.52. The first-order valence-corrected chi connectivity index (χ1v) is 9.73. The van der Waals surface area contributed by atoms with Gasteiger partial charge < -0.3 is 4.18 Å². The van der Waals surface area contributed by atoms with Crippen LogP contribution in [0.5, 0.6) is 5.75 Å². The zero-order valence-electron chi connectivity index (χ0n) is 14.7. The van der Waals surface area contributed by atoms with Gasteiger partial charge in [0, 0.05) is 5.56 Å². The summed E-state index contributed by atoms with van der Waals surface area (Å²) < 4.78 is 29.7. The summed E-state index contributed by atoms with van der Waals surface area (Å²) in [7, 11) is -3.88. The molecule has 0 heterocycles. The molecule has 27 heavy (non-hydrogen) atoms. The number of hydrogen-bond acceptors (Lipinski definition) is 4. The number of benzene rings is 3. The molecule has 0 spiro atoms. The van der Waals surface area contributed by atoms with Gasteiger partial charge in [0.15, 0.2) is 5.78 Å². The van der Waals surface area contributed by atoms with Crippen molar-refractivity contribution in [3.63, 3.8) is 0 Å². The molecule has 0 saturated heterocycles. The number of carbonyl (C=O) groups is 1. The second kappa shape index (κ2) is 8.01. The van der Waals surface area contributed by atoms with Crippen molar-refractivity contribution in [1.82, 2.24) is 0 Å². The predicted molar refractivity (Wildman–Crippen MR) is 105 cm³/mol. The fourth-order valence-electron chi connectivity index (χ4n) is 2.38. The van der Waals surface area contributed by atoms with Crippen LogP contribution in [0.4, 0.5) is 0 Å². The molecule has 0 N–H and O–H groups in total. The van der Waals surface area contributed by atoms with Crippen LogP contribution in [0.3, 0.4) is 0 Å². The lowest BCUT2D eigenvalue weighted by molar-refractivity contribution is 0.104. The van der Waals surface area contributed by atoms with Crippen molar-refractivity contribution in [1.29, 1.82) is 0 Å². The van der Waals surface area contributed by atoms with E-state index in [4.69, 9.17) is 4.18 Å². The van der Waals surface area contributed by atoms with Crippen molar-refractivity contribution >= 4 is 22.0 Å². The van der Waals surface area contributed by atoms with Crippen LogP contribution in [0.1, 0.15) is 21.5 Å². The molecule has 0 amide bonds. The lowest BCUT2D eigenvalue weighted by Crippen LogP contribution is -2.09. The fraction of sp³-hybridized carbons (Fsp3) is 0.0455. The lowest BCUT2D eigenvalue weighted by atomic mass is 10.1. The number of aryl methyl sites for hydroxylation is 1. The zero-order chi connectivity index (χ0) is 19.3. The van der Waals surface area contributed by atoms with Crippen LogP contribution in [-0.2, 0) is 10.1 Å². The van der Waals surface area contributed by atoms with Crippen LogP contribution >= 0.6 is 0 Å². The van der Waals surface area contributed by atoms with E-state index < -0.39 is 10.1 Å². The third kappa shape index (κ3) is 4.92. The highest BCUT2D eigenvalue weighted by Crippen LogP contribution is 2.20.